The fraction of sp³-hybridized carbons (Fsp3) is 0.625. The van der Waals surface area contributed by atoms with Gasteiger partial charge in [0, 0.05) is 47.9 Å². The van der Waals surface area contributed by atoms with Crippen molar-refractivity contribution >= 4 is 35.8 Å². The van der Waals surface area contributed by atoms with Gasteiger partial charge in [-0.25, -0.2) is 0 Å². The van der Waals surface area contributed by atoms with Crippen molar-refractivity contribution in [1.29, 1.82) is 0 Å². The first-order chi connectivity index (χ1) is 18.5. The highest BCUT2D eigenvalue weighted by molar-refractivity contribution is 7.09. The third-order valence-electron chi connectivity index (χ3n) is 8.99. The molecule has 1 heterocycles. The highest BCUT2D eigenvalue weighted by Gasteiger charge is 2.43. The number of rotatable bonds is 14. The maximum absolute atomic E-state index is 13.1. The van der Waals surface area contributed by atoms with Crippen LogP contribution in [0.1, 0.15) is 83.7 Å². The Morgan fingerprint density at radius 2 is 1.85 bits per heavy atom. The summed E-state index contributed by atoms with van der Waals surface area (Å²) in [5.41, 5.74) is 3.05. The van der Waals surface area contributed by atoms with E-state index >= 15 is 0 Å². The summed E-state index contributed by atoms with van der Waals surface area (Å²) in [6, 6.07) is 11.4. The van der Waals surface area contributed by atoms with E-state index in [1.165, 1.54) is 16.0 Å². The molecular weight excluding hydrogens is 501 g/mol. The first-order valence-electron chi connectivity index (χ1n) is 14.8. The topological polar surface area (TPSA) is 52.7 Å². The van der Waals surface area contributed by atoms with Crippen molar-refractivity contribution in [3.8, 4) is 0 Å². The fourth-order valence-corrected chi connectivity index (χ4v) is 6.59. The van der Waals surface area contributed by atoms with Crippen LogP contribution in [0.2, 0.25) is 0 Å². The third-order valence-corrected chi connectivity index (χ3v) is 9.92. The number of amides is 2. The van der Waals surface area contributed by atoms with Gasteiger partial charge >= 0.3 is 0 Å². The van der Waals surface area contributed by atoms with Crippen LogP contribution in [0.3, 0.4) is 0 Å². The summed E-state index contributed by atoms with van der Waals surface area (Å²) in [4.78, 5) is 31.8. The van der Waals surface area contributed by atoms with Crippen LogP contribution in [0.4, 0.5) is 4.79 Å². The monoisotopic (exact) mass is 550 g/mol. The molecule has 2 amide bonds. The number of carbonyl (C=O) groups is 2. The van der Waals surface area contributed by atoms with E-state index in [-0.39, 0.29) is 17.1 Å². The average molecular weight is 551 g/mol. The van der Waals surface area contributed by atoms with Gasteiger partial charge in [0.2, 0.25) is 5.91 Å². The van der Waals surface area contributed by atoms with Gasteiger partial charge in [-0.05, 0) is 76.4 Å². The minimum atomic E-state index is -0.392. The number of carbonyl (C=O) groups excluding carboxylic acids is 2. The number of nitrogens with zero attached hydrogens (tertiary/aromatic N) is 2. The normalized spacial score (nSPS) is 15.6. The third kappa shape index (κ3) is 7.76. The smallest absolute Gasteiger partial charge is 0.271 e. The van der Waals surface area contributed by atoms with E-state index < -0.39 is 5.54 Å². The molecule has 0 saturated carbocycles. The lowest BCUT2D eigenvalue weighted by Crippen LogP contribution is -2.59. The fourth-order valence-electron chi connectivity index (χ4n) is 5.89. The molecule has 0 spiro atoms. The van der Waals surface area contributed by atoms with Gasteiger partial charge < -0.3 is 10.2 Å². The minimum absolute atomic E-state index is 0.0668. The van der Waals surface area contributed by atoms with E-state index in [0.29, 0.717) is 25.6 Å². The van der Waals surface area contributed by atoms with E-state index in [4.69, 9.17) is 0 Å². The molecule has 213 valence electrons. The van der Waals surface area contributed by atoms with Crippen molar-refractivity contribution in [1.82, 2.24) is 15.1 Å². The minimum Gasteiger partial charge on any atom is -0.364 e. The van der Waals surface area contributed by atoms with Crippen LogP contribution in [0, 0.1) is 5.41 Å². The van der Waals surface area contributed by atoms with E-state index in [9.17, 15) is 9.59 Å². The van der Waals surface area contributed by atoms with Crippen molar-refractivity contribution in [3.05, 3.63) is 51.7 Å². The van der Waals surface area contributed by atoms with Gasteiger partial charge in [0.25, 0.3) is 7.28 Å². The standard InChI is InChI=1S/C32H49BN3O2S/c1-8-19-35(20-18-26-14-12-21-39-26)25-16-17-27-24(22-25)13-11-15-28(27)33-30(38)34-23-31(4,5)32(6,7)36(10-3)29(37)9-2/h11-15,21,25H,8-10,16-20,22-23H2,1-7H3,(H,34,38)/t25-/m1/s1. The summed E-state index contributed by atoms with van der Waals surface area (Å²) in [6.45, 7) is 18.0. The summed E-state index contributed by atoms with van der Waals surface area (Å²) in [7, 11) is 1.78. The van der Waals surface area contributed by atoms with Crippen LogP contribution in [0.15, 0.2) is 35.7 Å². The number of hydrogen-bond acceptors (Lipinski definition) is 4. The Hall–Kier alpha value is -2.12. The Balaban J connectivity index is 1.62. The van der Waals surface area contributed by atoms with Crippen LogP contribution in [0.25, 0.3) is 0 Å². The molecule has 5 nitrogen and oxygen atoms in total. The van der Waals surface area contributed by atoms with Gasteiger partial charge in [-0.3, -0.25) is 14.5 Å². The molecule has 1 radical (unpaired) electrons. The van der Waals surface area contributed by atoms with Gasteiger partial charge in [-0.15, -0.1) is 11.3 Å². The average Bonchev–Trinajstić information content (AvgIpc) is 3.43. The van der Waals surface area contributed by atoms with Gasteiger partial charge in [0.15, 0.2) is 5.81 Å². The molecule has 1 N–H and O–H groups in total. The molecule has 1 atom stereocenters. The molecular formula is C32H49BN3O2S. The second-order valence-electron chi connectivity index (χ2n) is 12.0. The second kappa shape index (κ2) is 14.0. The van der Waals surface area contributed by atoms with Crippen LogP contribution in [-0.4, -0.2) is 66.6 Å². The second-order valence-corrected chi connectivity index (χ2v) is 13.1. The molecule has 2 aromatic rings. The van der Waals surface area contributed by atoms with Gasteiger partial charge in [-0.1, -0.05) is 63.0 Å². The van der Waals surface area contributed by atoms with Gasteiger partial charge in [0.1, 0.15) is 0 Å². The number of hydrogen-bond donors (Lipinski definition) is 1. The zero-order valence-corrected chi connectivity index (χ0v) is 26.1. The zero-order valence-electron chi connectivity index (χ0n) is 25.3. The highest BCUT2D eigenvalue weighted by atomic mass is 32.1. The Labute approximate surface area is 242 Å². The predicted octanol–water partition coefficient (Wildman–Crippen LogP) is 5.66. The number of nitrogens with one attached hydrogen (secondary N) is 1. The van der Waals surface area contributed by atoms with Crippen LogP contribution >= 0.6 is 11.3 Å². The molecule has 39 heavy (non-hydrogen) atoms. The molecule has 7 heteroatoms. The van der Waals surface area contributed by atoms with Gasteiger partial charge in [-0.2, -0.15) is 0 Å². The maximum Gasteiger partial charge on any atom is 0.271 e. The first kappa shape index (κ1) is 31.4. The summed E-state index contributed by atoms with van der Waals surface area (Å²) in [6.07, 6.45) is 5.94. The number of fused-ring (bicyclic) bond motifs is 1. The summed E-state index contributed by atoms with van der Waals surface area (Å²) in [5.74, 6) is 0.0783. The maximum atomic E-state index is 13.1. The van der Waals surface area contributed by atoms with Crippen molar-refractivity contribution < 1.29 is 9.59 Å². The first-order valence-corrected chi connectivity index (χ1v) is 15.7. The summed E-state index contributed by atoms with van der Waals surface area (Å²) in [5, 5.41) is 5.32. The van der Waals surface area contributed by atoms with Crippen LogP contribution < -0.4 is 10.8 Å². The van der Waals surface area contributed by atoms with E-state index in [2.05, 4.69) is 80.5 Å². The lowest BCUT2D eigenvalue weighted by molar-refractivity contribution is -0.140. The van der Waals surface area contributed by atoms with Crippen molar-refractivity contribution in [2.75, 3.05) is 26.2 Å². The molecule has 1 aliphatic carbocycles. The predicted molar refractivity (Wildman–Crippen MR) is 166 cm³/mol. The summed E-state index contributed by atoms with van der Waals surface area (Å²) < 4.78 is 0. The molecule has 0 unspecified atom stereocenters. The van der Waals surface area contributed by atoms with Crippen molar-refractivity contribution in [2.24, 2.45) is 5.41 Å². The SMILES string of the molecule is CCCN(CCc1cccs1)[C@@H]1CCc2c([B]C(=O)NCC(C)(C)C(C)(C)N(CC)C(=O)CC)cccc2C1. The molecule has 1 aromatic heterocycles. The van der Waals surface area contributed by atoms with E-state index in [0.717, 1.165) is 50.7 Å². The van der Waals surface area contributed by atoms with Crippen molar-refractivity contribution in [2.45, 2.75) is 98.6 Å². The molecule has 3 rings (SSSR count). The molecule has 1 aromatic carbocycles. The Bertz CT molecular complexity index is 1080. The molecule has 1 aliphatic rings. The molecule has 0 aliphatic heterocycles. The van der Waals surface area contributed by atoms with Crippen LogP contribution in [0.5, 0.6) is 0 Å². The number of thiophene rings is 1. The number of benzene rings is 1. The molecule has 0 fully saturated rings. The van der Waals surface area contributed by atoms with E-state index in [1.54, 1.807) is 7.28 Å². The Kier molecular flexibility index (Phi) is 11.3. The van der Waals surface area contributed by atoms with Crippen LogP contribution in [-0.2, 0) is 24.1 Å². The Morgan fingerprint density at radius 3 is 2.49 bits per heavy atom. The lowest BCUT2D eigenvalue weighted by Gasteiger charge is -2.49. The summed E-state index contributed by atoms with van der Waals surface area (Å²) >= 11 is 1.85. The van der Waals surface area contributed by atoms with Gasteiger partial charge in [0.05, 0.1) is 0 Å². The quantitative estimate of drug-likeness (QED) is 0.309. The zero-order chi connectivity index (χ0) is 28.6. The molecule has 0 bridgehead atoms. The van der Waals surface area contributed by atoms with E-state index in [1.807, 2.05) is 30.1 Å². The largest absolute Gasteiger partial charge is 0.364 e. The molecule has 0 saturated heterocycles. The highest BCUT2D eigenvalue weighted by Crippen LogP contribution is 2.35. The van der Waals surface area contributed by atoms with Crippen molar-refractivity contribution in [3.63, 3.8) is 0 Å². The lowest BCUT2D eigenvalue weighted by atomic mass is 9.64. The Morgan fingerprint density at radius 1 is 1.08 bits per heavy atom.